The lowest BCUT2D eigenvalue weighted by Crippen LogP contribution is -2.49. The van der Waals surface area contributed by atoms with E-state index in [1.165, 1.54) is 12.8 Å². The van der Waals surface area contributed by atoms with Crippen LogP contribution in [0, 0.1) is 5.92 Å². The number of amides is 1. The van der Waals surface area contributed by atoms with Crippen LogP contribution in [-0.4, -0.2) is 49.2 Å². The molecule has 1 heterocycles. The van der Waals surface area contributed by atoms with Crippen LogP contribution >= 0.6 is 0 Å². The van der Waals surface area contributed by atoms with E-state index in [0.29, 0.717) is 19.3 Å². The van der Waals surface area contributed by atoms with E-state index >= 15 is 0 Å². The summed E-state index contributed by atoms with van der Waals surface area (Å²) in [6.45, 7) is 7.03. The smallest absolute Gasteiger partial charge is 0.239 e. The molecule has 16 heavy (non-hydrogen) atoms. The van der Waals surface area contributed by atoms with Crippen molar-refractivity contribution in [3.63, 3.8) is 0 Å². The molecule has 0 spiro atoms. The normalized spacial score (nSPS) is 31.2. The van der Waals surface area contributed by atoms with E-state index in [2.05, 4.69) is 12.2 Å². The Morgan fingerprint density at radius 1 is 1.50 bits per heavy atom. The summed E-state index contributed by atoms with van der Waals surface area (Å²) in [4.78, 5) is 14.0. The average molecular weight is 226 g/mol. The Bertz CT molecular complexity index is 251. The number of morpholine rings is 1. The monoisotopic (exact) mass is 226 g/mol. The minimum Gasteiger partial charge on any atom is -0.378 e. The standard InChI is InChI=1S/C12H22N2O2/c1-3-10-8-11(10)13-9(2)12(15)14-4-6-16-7-5-14/h9-11,13H,3-8H2,1-2H3. The van der Waals surface area contributed by atoms with Crippen molar-refractivity contribution < 1.29 is 9.53 Å². The van der Waals surface area contributed by atoms with E-state index < -0.39 is 0 Å². The molecule has 1 aliphatic carbocycles. The predicted molar refractivity (Wildman–Crippen MR) is 62.2 cm³/mol. The van der Waals surface area contributed by atoms with Crippen LogP contribution in [0.4, 0.5) is 0 Å². The van der Waals surface area contributed by atoms with Gasteiger partial charge in [0.25, 0.3) is 0 Å². The molecule has 1 aliphatic heterocycles. The molecule has 2 rings (SSSR count). The maximum absolute atomic E-state index is 12.1. The molecule has 0 aromatic carbocycles. The summed E-state index contributed by atoms with van der Waals surface area (Å²) >= 11 is 0. The lowest BCUT2D eigenvalue weighted by atomic mass is 10.2. The van der Waals surface area contributed by atoms with Gasteiger partial charge in [-0.3, -0.25) is 4.79 Å². The van der Waals surface area contributed by atoms with Gasteiger partial charge in [-0.2, -0.15) is 0 Å². The molecule has 4 nitrogen and oxygen atoms in total. The zero-order valence-corrected chi connectivity index (χ0v) is 10.2. The van der Waals surface area contributed by atoms with Crippen molar-refractivity contribution in [1.82, 2.24) is 10.2 Å². The Balaban J connectivity index is 1.75. The third kappa shape index (κ3) is 2.74. The molecule has 0 aromatic rings. The molecule has 2 aliphatic rings. The van der Waals surface area contributed by atoms with Gasteiger partial charge in [0.05, 0.1) is 19.3 Å². The summed E-state index contributed by atoms with van der Waals surface area (Å²) in [5.41, 5.74) is 0. The number of carbonyl (C=O) groups excluding carboxylic acids is 1. The quantitative estimate of drug-likeness (QED) is 0.764. The molecular weight excluding hydrogens is 204 g/mol. The Kier molecular flexibility index (Phi) is 3.82. The molecule has 3 unspecified atom stereocenters. The highest BCUT2D eigenvalue weighted by Gasteiger charge is 2.37. The second-order valence-electron chi connectivity index (χ2n) is 4.84. The maximum Gasteiger partial charge on any atom is 0.239 e. The minimum absolute atomic E-state index is 0.0420. The van der Waals surface area contributed by atoms with Crippen LogP contribution in [0.15, 0.2) is 0 Å². The first-order chi connectivity index (χ1) is 7.72. The Morgan fingerprint density at radius 3 is 2.75 bits per heavy atom. The zero-order valence-electron chi connectivity index (χ0n) is 10.2. The number of rotatable bonds is 4. The van der Waals surface area contributed by atoms with Crippen molar-refractivity contribution >= 4 is 5.91 Å². The fourth-order valence-corrected chi connectivity index (χ4v) is 2.35. The highest BCUT2D eigenvalue weighted by Crippen LogP contribution is 2.33. The maximum atomic E-state index is 12.1. The minimum atomic E-state index is -0.0420. The van der Waals surface area contributed by atoms with Gasteiger partial charge in [0.1, 0.15) is 0 Å². The molecular formula is C12H22N2O2. The molecule has 1 saturated heterocycles. The molecule has 0 radical (unpaired) electrons. The third-order valence-electron chi connectivity index (χ3n) is 3.60. The summed E-state index contributed by atoms with van der Waals surface area (Å²) in [5, 5.41) is 3.42. The number of nitrogens with zero attached hydrogens (tertiary/aromatic N) is 1. The van der Waals surface area contributed by atoms with Gasteiger partial charge in [-0.05, 0) is 19.3 Å². The summed E-state index contributed by atoms with van der Waals surface area (Å²) in [6, 6.07) is 0.532. The number of carbonyl (C=O) groups is 1. The van der Waals surface area contributed by atoms with Crippen LogP contribution in [0.25, 0.3) is 0 Å². The van der Waals surface area contributed by atoms with Gasteiger partial charge in [-0.25, -0.2) is 0 Å². The molecule has 1 saturated carbocycles. The first-order valence-electron chi connectivity index (χ1n) is 6.35. The van der Waals surface area contributed by atoms with Crippen molar-refractivity contribution in [1.29, 1.82) is 0 Å². The van der Waals surface area contributed by atoms with Crippen LogP contribution in [0.3, 0.4) is 0 Å². The lowest BCUT2D eigenvalue weighted by Gasteiger charge is -2.29. The van der Waals surface area contributed by atoms with E-state index in [1.807, 2.05) is 11.8 Å². The van der Waals surface area contributed by atoms with E-state index in [1.54, 1.807) is 0 Å². The molecule has 4 heteroatoms. The summed E-state index contributed by atoms with van der Waals surface area (Å²) in [7, 11) is 0. The van der Waals surface area contributed by atoms with E-state index in [-0.39, 0.29) is 11.9 Å². The average Bonchev–Trinajstić information content (AvgIpc) is 3.07. The van der Waals surface area contributed by atoms with Gasteiger partial charge in [-0.1, -0.05) is 13.3 Å². The van der Waals surface area contributed by atoms with Gasteiger partial charge >= 0.3 is 0 Å². The van der Waals surface area contributed by atoms with Crippen LogP contribution in [0.2, 0.25) is 0 Å². The van der Waals surface area contributed by atoms with Gasteiger partial charge < -0.3 is 15.0 Å². The second-order valence-corrected chi connectivity index (χ2v) is 4.84. The first-order valence-corrected chi connectivity index (χ1v) is 6.35. The zero-order chi connectivity index (χ0) is 11.5. The Morgan fingerprint density at radius 2 is 2.19 bits per heavy atom. The van der Waals surface area contributed by atoms with Gasteiger partial charge in [-0.15, -0.1) is 0 Å². The van der Waals surface area contributed by atoms with Crippen LogP contribution in [0.1, 0.15) is 26.7 Å². The summed E-state index contributed by atoms with van der Waals surface area (Å²) in [6.07, 6.45) is 2.45. The van der Waals surface area contributed by atoms with Gasteiger partial charge in [0.2, 0.25) is 5.91 Å². The molecule has 0 aromatic heterocycles. The fourth-order valence-electron chi connectivity index (χ4n) is 2.35. The predicted octanol–water partition coefficient (Wildman–Crippen LogP) is 0.622. The Hall–Kier alpha value is -0.610. The van der Waals surface area contributed by atoms with Gasteiger partial charge in [0.15, 0.2) is 0 Å². The molecule has 1 amide bonds. The van der Waals surface area contributed by atoms with Crippen molar-refractivity contribution in [3.8, 4) is 0 Å². The highest BCUT2D eigenvalue weighted by atomic mass is 16.5. The van der Waals surface area contributed by atoms with Crippen molar-refractivity contribution in [2.75, 3.05) is 26.3 Å². The van der Waals surface area contributed by atoms with Crippen molar-refractivity contribution in [3.05, 3.63) is 0 Å². The summed E-state index contributed by atoms with van der Waals surface area (Å²) in [5.74, 6) is 1.02. The van der Waals surface area contributed by atoms with E-state index in [9.17, 15) is 4.79 Å². The first kappa shape index (κ1) is 11.9. The topological polar surface area (TPSA) is 41.6 Å². The lowest BCUT2D eigenvalue weighted by molar-refractivity contribution is -0.137. The van der Waals surface area contributed by atoms with Crippen LogP contribution < -0.4 is 5.32 Å². The molecule has 2 fully saturated rings. The Labute approximate surface area is 97.3 Å². The number of nitrogens with one attached hydrogen (secondary N) is 1. The van der Waals surface area contributed by atoms with Crippen LogP contribution in [0.5, 0.6) is 0 Å². The summed E-state index contributed by atoms with van der Waals surface area (Å²) < 4.78 is 5.24. The van der Waals surface area contributed by atoms with E-state index in [0.717, 1.165) is 19.0 Å². The largest absolute Gasteiger partial charge is 0.378 e. The molecule has 92 valence electrons. The SMILES string of the molecule is CCC1CC1NC(C)C(=O)N1CCOCC1. The van der Waals surface area contributed by atoms with E-state index in [4.69, 9.17) is 4.74 Å². The van der Waals surface area contributed by atoms with Gasteiger partial charge in [0, 0.05) is 19.1 Å². The molecule has 1 N–H and O–H groups in total. The number of ether oxygens (including phenoxy) is 1. The highest BCUT2D eigenvalue weighted by molar-refractivity contribution is 5.81. The third-order valence-corrected chi connectivity index (χ3v) is 3.60. The van der Waals surface area contributed by atoms with Crippen molar-refractivity contribution in [2.24, 2.45) is 5.92 Å². The van der Waals surface area contributed by atoms with Crippen LogP contribution in [-0.2, 0) is 9.53 Å². The number of hydrogen-bond donors (Lipinski definition) is 1. The fraction of sp³-hybridized carbons (Fsp3) is 0.917. The molecule has 3 atom stereocenters. The van der Waals surface area contributed by atoms with Crippen molar-refractivity contribution in [2.45, 2.75) is 38.8 Å². The number of hydrogen-bond acceptors (Lipinski definition) is 3. The molecule has 0 bridgehead atoms. The second kappa shape index (κ2) is 5.15.